The standard InChI is InChI=1S/C12H22N4O/c1-3-6-10-15-11(13)9(2)12(16-10)14-7-4-5-8-17/h17H,3-8H2,1-2H3,(H3,13,14,15,16). The molecule has 1 rings (SSSR count). The summed E-state index contributed by atoms with van der Waals surface area (Å²) >= 11 is 0. The Morgan fingerprint density at radius 1 is 1.29 bits per heavy atom. The highest BCUT2D eigenvalue weighted by molar-refractivity contribution is 5.54. The first-order valence-electron chi connectivity index (χ1n) is 6.16. The van der Waals surface area contributed by atoms with Gasteiger partial charge in [0.2, 0.25) is 0 Å². The van der Waals surface area contributed by atoms with E-state index in [0.717, 1.165) is 49.4 Å². The molecule has 1 aromatic rings. The van der Waals surface area contributed by atoms with E-state index in [1.54, 1.807) is 0 Å². The van der Waals surface area contributed by atoms with Gasteiger partial charge >= 0.3 is 0 Å². The fraction of sp³-hybridized carbons (Fsp3) is 0.667. The van der Waals surface area contributed by atoms with Crippen LogP contribution in [0.25, 0.3) is 0 Å². The molecule has 1 heterocycles. The zero-order chi connectivity index (χ0) is 12.7. The monoisotopic (exact) mass is 238 g/mol. The van der Waals surface area contributed by atoms with Crippen LogP contribution in [-0.4, -0.2) is 28.2 Å². The molecule has 5 nitrogen and oxygen atoms in total. The molecule has 0 fully saturated rings. The fourth-order valence-corrected chi connectivity index (χ4v) is 1.53. The van der Waals surface area contributed by atoms with Gasteiger partial charge in [-0.15, -0.1) is 0 Å². The number of aliphatic hydroxyl groups excluding tert-OH is 1. The summed E-state index contributed by atoms with van der Waals surface area (Å²) in [6, 6.07) is 0. The summed E-state index contributed by atoms with van der Waals surface area (Å²) in [6.45, 7) is 5.03. The largest absolute Gasteiger partial charge is 0.396 e. The zero-order valence-corrected chi connectivity index (χ0v) is 10.7. The molecular weight excluding hydrogens is 216 g/mol. The third kappa shape index (κ3) is 4.19. The Morgan fingerprint density at radius 2 is 2.06 bits per heavy atom. The summed E-state index contributed by atoms with van der Waals surface area (Å²) in [5.41, 5.74) is 6.75. The van der Waals surface area contributed by atoms with Crippen LogP contribution in [0.1, 0.15) is 37.6 Å². The van der Waals surface area contributed by atoms with E-state index in [1.807, 2.05) is 6.92 Å². The van der Waals surface area contributed by atoms with Crippen molar-refractivity contribution in [1.29, 1.82) is 0 Å². The number of hydrogen-bond acceptors (Lipinski definition) is 5. The lowest BCUT2D eigenvalue weighted by atomic mass is 10.2. The Kier molecular flexibility index (Phi) is 5.69. The maximum atomic E-state index is 8.70. The lowest BCUT2D eigenvalue weighted by Gasteiger charge is -2.11. The summed E-state index contributed by atoms with van der Waals surface area (Å²) in [5.74, 6) is 2.16. The van der Waals surface area contributed by atoms with Crippen molar-refractivity contribution in [3.63, 3.8) is 0 Å². The van der Waals surface area contributed by atoms with Crippen LogP contribution in [0.3, 0.4) is 0 Å². The van der Waals surface area contributed by atoms with E-state index in [9.17, 15) is 0 Å². The predicted octanol–water partition coefficient (Wildman–Crippen LogP) is 1.50. The van der Waals surface area contributed by atoms with Gasteiger partial charge in [-0.05, 0) is 26.2 Å². The molecule has 0 unspecified atom stereocenters. The first kappa shape index (κ1) is 13.7. The average molecular weight is 238 g/mol. The molecule has 0 atom stereocenters. The molecule has 5 heteroatoms. The number of anilines is 2. The molecule has 0 aliphatic carbocycles. The van der Waals surface area contributed by atoms with E-state index in [1.165, 1.54) is 0 Å². The number of aryl methyl sites for hydroxylation is 1. The van der Waals surface area contributed by atoms with Crippen LogP contribution in [0.2, 0.25) is 0 Å². The zero-order valence-electron chi connectivity index (χ0n) is 10.7. The number of aromatic nitrogens is 2. The number of hydrogen-bond donors (Lipinski definition) is 3. The van der Waals surface area contributed by atoms with Crippen molar-refractivity contribution >= 4 is 11.6 Å². The molecule has 17 heavy (non-hydrogen) atoms. The maximum Gasteiger partial charge on any atom is 0.134 e. The van der Waals surface area contributed by atoms with E-state index < -0.39 is 0 Å². The second-order valence-corrected chi connectivity index (χ2v) is 4.11. The Hall–Kier alpha value is -1.36. The molecule has 0 saturated carbocycles. The van der Waals surface area contributed by atoms with Gasteiger partial charge in [0.25, 0.3) is 0 Å². The van der Waals surface area contributed by atoms with Crippen molar-refractivity contribution < 1.29 is 5.11 Å². The van der Waals surface area contributed by atoms with Crippen molar-refractivity contribution in [3.8, 4) is 0 Å². The molecule has 0 aliphatic heterocycles. The quantitative estimate of drug-likeness (QED) is 0.627. The Balaban J connectivity index is 2.68. The highest BCUT2D eigenvalue weighted by Gasteiger charge is 2.07. The van der Waals surface area contributed by atoms with Crippen LogP contribution >= 0.6 is 0 Å². The van der Waals surface area contributed by atoms with Gasteiger partial charge in [-0.25, -0.2) is 9.97 Å². The SMILES string of the molecule is CCCc1nc(N)c(C)c(NCCCCO)n1. The molecule has 0 amide bonds. The first-order chi connectivity index (χ1) is 8.19. The number of aliphatic hydroxyl groups is 1. The third-order valence-corrected chi connectivity index (χ3v) is 2.58. The van der Waals surface area contributed by atoms with Gasteiger partial charge < -0.3 is 16.2 Å². The molecular formula is C12H22N4O. The van der Waals surface area contributed by atoms with Gasteiger partial charge in [-0.1, -0.05) is 6.92 Å². The number of nitrogens with one attached hydrogen (secondary N) is 1. The molecule has 96 valence electrons. The molecule has 4 N–H and O–H groups in total. The van der Waals surface area contributed by atoms with Crippen LogP contribution in [0.15, 0.2) is 0 Å². The molecule has 0 bridgehead atoms. The average Bonchev–Trinajstić information content (AvgIpc) is 2.31. The molecule has 0 radical (unpaired) electrons. The topological polar surface area (TPSA) is 84.1 Å². The Bertz CT molecular complexity index is 355. The van der Waals surface area contributed by atoms with Crippen molar-refractivity contribution in [2.45, 2.75) is 39.5 Å². The fourth-order valence-electron chi connectivity index (χ4n) is 1.53. The van der Waals surface area contributed by atoms with E-state index in [-0.39, 0.29) is 6.61 Å². The summed E-state index contributed by atoms with van der Waals surface area (Å²) in [7, 11) is 0. The number of nitrogen functional groups attached to an aromatic ring is 1. The van der Waals surface area contributed by atoms with Crippen LogP contribution in [0, 0.1) is 6.92 Å². The van der Waals surface area contributed by atoms with E-state index in [2.05, 4.69) is 22.2 Å². The lowest BCUT2D eigenvalue weighted by molar-refractivity contribution is 0.286. The Morgan fingerprint density at radius 3 is 2.71 bits per heavy atom. The number of unbranched alkanes of at least 4 members (excludes halogenated alkanes) is 1. The minimum Gasteiger partial charge on any atom is -0.396 e. The normalized spacial score (nSPS) is 10.5. The third-order valence-electron chi connectivity index (χ3n) is 2.58. The van der Waals surface area contributed by atoms with Crippen molar-refractivity contribution in [1.82, 2.24) is 9.97 Å². The van der Waals surface area contributed by atoms with Gasteiger partial charge in [0, 0.05) is 25.1 Å². The minimum atomic E-state index is 0.230. The van der Waals surface area contributed by atoms with Crippen LogP contribution in [-0.2, 0) is 6.42 Å². The number of rotatable bonds is 7. The highest BCUT2D eigenvalue weighted by atomic mass is 16.2. The minimum absolute atomic E-state index is 0.230. The number of nitrogens with zero attached hydrogens (tertiary/aromatic N) is 2. The van der Waals surface area contributed by atoms with Crippen molar-refractivity contribution in [2.24, 2.45) is 0 Å². The lowest BCUT2D eigenvalue weighted by Crippen LogP contribution is -2.10. The van der Waals surface area contributed by atoms with Gasteiger partial charge in [0.15, 0.2) is 0 Å². The first-order valence-corrected chi connectivity index (χ1v) is 6.16. The molecule has 0 saturated heterocycles. The summed E-state index contributed by atoms with van der Waals surface area (Å²) in [6.07, 6.45) is 3.57. The van der Waals surface area contributed by atoms with Gasteiger partial charge in [-0.2, -0.15) is 0 Å². The van der Waals surface area contributed by atoms with Crippen molar-refractivity contribution in [3.05, 3.63) is 11.4 Å². The maximum absolute atomic E-state index is 8.70. The van der Waals surface area contributed by atoms with E-state index in [4.69, 9.17) is 10.8 Å². The molecule has 1 aromatic heterocycles. The van der Waals surface area contributed by atoms with Crippen LogP contribution < -0.4 is 11.1 Å². The van der Waals surface area contributed by atoms with Gasteiger partial charge in [-0.3, -0.25) is 0 Å². The second kappa shape index (κ2) is 7.06. The van der Waals surface area contributed by atoms with Gasteiger partial charge in [0.1, 0.15) is 17.5 Å². The van der Waals surface area contributed by atoms with E-state index >= 15 is 0 Å². The second-order valence-electron chi connectivity index (χ2n) is 4.11. The summed E-state index contributed by atoms with van der Waals surface area (Å²) in [5, 5.41) is 11.9. The van der Waals surface area contributed by atoms with E-state index in [0.29, 0.717) is 5.82 Å². The molecule has 0 spiro atoms. The molecule has 0 aromatic carbocycles. The summed E-state index contributed by atoms with van der Waals surface area (Å²) in [4.78, 5) is 8.71. The smallest absolute Gasteiger partial charge is 0.134 e. The number of nitrogens with two attached hydrogens (primary N) is 1. The molecule has 0 aliphatic rings. The van der Waals surface area contributed by atoms with Crippen LogP contribution in [0.4, 0.5) is 11.6 Å². The Labute approximate surface area is 102 Å². The summed E-state index contributed by atoms with van der Waals surface area (Å²) < 4.78 is 0. The van der Waals surface area contributed by atoms with Crippen molar-refractivity contribution in [2.75, 3.05) is 24.2 Å². The predicted molar refractivity (Wildman–Crippen MR) is 70.0 cm³/mol. The van der Waals surface area contributed by atoms with Gasteiger partial charge in [0.05, 0.1) is 0 Å². The highest BCUT2D eigenvalue weighted by Crippen LogP contribution is 2.17. The van der Waals surface area contributed by atoms with Crippen LogP contribution in [0.5, 0.6) is 0 Å².